The summed E-state index contributed by atoms with van der Waals surface area (Å²) in [6.45, 7) is 15.7. The highest BCUT2D eigenvalue weighted by Crippen LogP contribution is 2.35. The monoisotopic (exact) mass is 770 g/mol. The smallest absolute Gasteiger partial charge is 0.315 e. The molecule has 0 aromatic heterocycles. The Balaban J connectivity index is 1.55. The maximum atomic E-state index is 14.6. The number of Topliss-reactive ketones (excluding diaryl/α,β-unsaturated/α-hetero) is 1. The molecule has 300 valence electrons. The molecule has 0 bridgehead atoms. The predicted molar refractivity (Wildman–Crippen MR) is 207 cm³/mol. The van der Waals surface area contributed by atoms with Crippen LogP contribution in [0, 0.1) is 23.2 Å². The minimum Gasteiger partial charge on any atom is -0.346 e. The third-order valence-corrected chi connectivity index (χ3v) is 13.1. The Hall–Kier alpha value is -3.78. The summed E-state index contributed by atoms with van der Waals surface area (Å²) >= 11 is 0. The number of nitrogens with zero attached hydrogens (tertiary/aromatic N) is 2. The third kappa shape index (κ3) is 10.3. The van der Waals surface area contributed by atoms with E-state index < -0.39 is 69.1 Å². The van der Waals surface area contributed by atoms with E-state index in [0.717, 1.165) is 44.1 Å². The van der Waals surface area contributed by atoms with E-state index in [-0.39, 0.29) is 55.2 Å². The average molecular weight is 771 g/mol. The Morgan fingerprint density at radius 2 is 1.67 bits per heavy atom. The Bertz CT molecular complexity index is 1630. The van der Waals surface area contributed by atoms with Gasteiger partial charge in [0.05, 0.1) is 10.9 Å². The van der Waals surface area contributed by atoms with Crippen LogP contribution >= 0.6 is 0 Å². The van der Waals surface area contributed by atoms with E-state index in [1.807, 2.05) is 53.7 Å². The fraction of sp³-hybridized carbons (Fsp3) is 0.675. The lowest BCUT2D eigenvalue weighted by molar-refractivity contribution is -0.144. The van der Waals surface area contributed by atoms with E-state index in [9.17, 15) is 32.4 Å². The third-order valence-electron chi connectivity index (χ3n) is 11.2. The highest BCUT2D eigenvalue weighted by Gasteiger charge is 2.48. The van der Waals surface area contributed by atoms with Crippen LogP contribution in [0.2, 0.25) is 0 Å². The molecule has 1 unspecified atom stereocenters. The van der Waals surface area contributed by atoms with Gasteiger partial charge >= 0.3 is 6.03 Å². The van der Waals surface area contributed by atoms with Crippen molar-refractivity contribution in [1.29, 1.82) is 0 Å². The summed E-state index contributed by atoms with van der Waals surface area (Å²) < 4.78 is 28.4. The maximum absolute atomic E-state index is 14.6. The number of ketones is 1. The standard InChI is InChI=1S/C40H62N6O7S/c1-8-10-19-30(34(47)37(49)41-22-9-2)42-36(48)33-29(26(3)4)21-23-46(33)38(50)35(40(5,6)7)44-39(51)43-31(27-16-12-11-13-17-27)25-45-24-28-18-14-15-20-32(28)54(45,52)53/h9,14-15,18,20,26-27,29-31,33,35H,2,8,10-13,16-17,19,21-25H2,1,3-7H3,(H,41,49)(H,42,48)(H2,43,44,51)/t29-,30?,31-,33+,35-/m1/s1. The van der Waals surface area contributed by atoms with E-state index in [0.29, 0.717) is 12.8 Å². The van der Waals surface area contributed by atoms with Crippen LogP contribution in [0.4, 0.5) is 4.79 Å². The van der Waals surface area contributed by atoms with Crippen LogP contribution in [0.15, 0.2) is 41.8 Å². The molecule has 2 fully saturated rings. The number of amides is 5. The first-order valence-electron chi connectivity index (χ1n) is 19.7. The molecule has 3 aliphatic rings. The number of rotatable bonds is 16. The molecular weight excluding hydrogens is 709 g/mol. The fourth-order valence-corrected chi connectivity index (χ4v) is 9.79. The zero-order valence-electron chi connectivity index (χ0n) is 33.0. The van der Waals surface area contributed by atoms with E-state index in [1.54, 1.807) is 12.1 Å². The SMILES string of the molecule is C=CCNC(=O)C(=O)C(CCCC)NC(=O)[C@@H]1[C@@H](C(C)C)CCN1C(=O)[C@@H](NC(=O)N[C@H](CN1Cc2ccccc2S1(=O)=O)C1CCCCC1)C(C)(C)C. The van der Waals surface area contributed by atoms with Gasteiger partial charge in [-0.05, 0) is 60.5 Å². The molecule has 1 aromatic carbocycles. The lowest BCUT2D eigenvalue weighted by Crippen LogP contribution is -2.62. The highest BCUT2D eigenvalue weighted by molar-refractivity contribution is 7.89. The zero-order valence-corrected chi connectivity index (χ0v) is 33.8. The van der Waals surface area contributed by atoms with Gasteiger partial charge in [-0.1, -0.05) is 97.9 Å². The van der Waals surface area contributed by atoms with Crippen LogP contribution in [0.25, 0.3) is 0 Å². The van der Waals surface area contributed by atoms with Crippen molar-refractivity contribution in [2.24, 2.45) is 23.2 Å². The topological polar surface area (TPSA) is 174 Å². The lowest BCUT2D eigenvalue weighted by Gasteiger charge is -2.38. The quantitative estimate of drug-likeness (QED) is 0.144. The molecule has 14 heteroatoms. The minimum absolute atomic E-state index is 0.0211. The van der Waals surface area contributed by atoms with E-state index >= 15 is 0 Å². The summed E-state index contributed by atoms with van der Waals surface area (Å²) in [6.07, 6.45) is 8.41. The fourth-order valence-electron chi connectivity index (χ4n) is 8.13. The number of hydrogen-bond acceptors (Lipinski definition) is 7. The number of fused-ring (bicyclic) bond motifs is 1. The molecule has 2 heterocycles. The molecule has 4 N–H and O–H groups in total. The number of hydrogen-bond donors (Lipinski definition) is 4. The van der Waals surface area contributed by atoms with Gasteiger partial charge in [0, 0.05) is 32.2 Å². The maximum Gasteiger partial charge on any atom is 0.315 e. The summed E-state index contributed by atoms with van der Waals surface area (Å²) in [5, 5.41) is 11.3. The molecule has 2 aliphatic heterocycles. The Morgan fingerprint density at radius 1 is 0.981 bits per heavy atom. The van der Waals surface area contributed by atoms with Gasteiger partial charge in [-0.2, -0.15) is 4.31 Å². The molecule has 1 saturated heterocycles. The molecular formula is C40H62N6O7S. The molecule has 0 radical (unpaired) electrons. The first-order valence-corrected chi connectivity index (χ1v) is 21.1. The number of benzene rings is 1. The minimum atomic E-state index is -3.73. The normalized spacial score (nSPS) is 21.8. The summed E-state index contributed by atoms with van der Waals surface area (Å²) in [6, 6.07) is 2.87. The van der Waals surface area contributed by atoms with Gasteiger partial charge in [0.1, 0.15) is 12.1 Å². The first kappa shape index (κ1) is 43.0. The van der Waals surface area contributed by atoms with Gasteiger partial charge in [0.2, 0.25) is 27.6 Å². The second-order valence-electron chi connectivity index (χ2n) is 16.6. The average Bonchev–Trinajstić information content (AvgIpc) is 3.69. The summed E-state index contributed by atoms with van der Waals surface area (Å²) in [7, 11) is -3.73. The van der Waals surface area contributed by atoms with E-state index in [2.05, 4.69) is 27.8 Å². The molecule has 4 rings (SSSR count). The van der Waals surface area contributed by atoms with Crippen molar-refractivity contribution < 1.29 is 32.4 Å². The molecule has 1 aromatic rings. The molecule has 0 spiro atoms. The molecule has 1 aliphatic carbocycles. The molecule has 54 heavy (non-hydrogen) atoms. The molecule has 13 nitrogen and oxygen atoms in total. The largest absolute Gasteiger partial charge is 0.346 e. The van der Waals surface area contributed by atoms with Crippen LogP contribution < -0.4 is 21.3 Å². The van der Waals surface area contributed by atoms with E-state index in [4.69, 9.17) is 0 Å². The van der Waals surface area contributed by atoms with Crippen LogP contribution in [0.5, 0.6) is 0 Å². The van der Waals surface area contributed by atoms with Gasteiger partial charge in [-0.3, -0.25) is 19.2 Å². The zero-order chi connectivity index (χ0) is 39.8. The summed E-state index contributed by atoms with van der Waals surface area (Å²) in [5.41, 5.74) is -0.0437. The number of urea groups is 1. The molecule has 1 saturated carbocycles. The number of likely N-dealkylation sites (tertiary alicyclic amines) is 1. The molecule has 5 amide bonds. The van der Waals surface area contributed by atoms with Gasteiger partial charge in [0.15, 0.2) is 0 Å². The Kier molecular flexibility index (Phi) is 14.9. The number of nitrogens with one attached hydrogen (secondary N) is 4. The first-order chi connectivity index (χ1) is 25.5. The second kappa shape index (κ2) is 18.7. The Morgan fingerprint density at radius 3 is 2.28 bits per heavy atom. The van der Waals surface area contributed by atoms with E-state index in [1.165, 1.54) is 15.3 Å². The number of carbonyl (C=O) groups is 5. The number of sulfonamides is 1. The van der Waals surface area contributed by atoms with Crippen LogP contribution in [0.1, 0.15) is 105 Å². The number of carbonyl (C=O) groups excluding carboxylic acids is 5. The van der Waals surface area contributed by atoms with Crippen molar-refractivity contribution in [3.05, 3.63) is 42.5 Å². The van der Waals surface area contributed by atoms with Gasteiger partial charge < -0.3 is 26.2 Å². The van der Waals surface area contributed by atoms with Gasteiger partial charge in [-0.15, -0.1) is 6.58 Å². The number of unbranched alkanes of at least 4 members (excludes halogenated alkanes) is 1. The van der Waals surface area contributed by atoms with Crippen molar-refractivity contribution in [2.45, 2.75) is 135 Å². The van der Waals surface area contributed by atoms with Crippen molar-refractivity contribution in [2.75, 3.05) is 19.6 Å². The lowest BCUT2D eigenvalue weighted by atomic mass is 9.83. The van der Waals surface area contributed by atoms with Crippen molar-refractivity contribution in [3.63, 3.8) is 0 Å². The second-order valence-corrected chi connectivity index (χ2v) is 18.5. The van der Waals surface area contributed by atoms with Crippen LogP contribution in [-0.2, 0) is 35.7 Å². The van der Waals surface area contributed by atoms with Gasteiger partial charge in [0.25, 0.3) is 5.91 Å². The van der Waals surface area contributed by atoms with Crippen LogP contribution in [-0.4, -0.2) is 91.0 Å². The van der Waals surface area contributed by atoms with Crippen molar-refractivity contribution in [1.82, 2.24) is 30.5 Å². The Labute approximate surface area is 321 Å². The van der Waals surface area contributed by atoms with Crippen LogP contribution in [0.3, 0.4) is 0 Å². The predicted octanol–water partition coefficient (Wildman–Crippen LogP) is 4.27. The van der Waals surface area contributed by atoms with Gasteiger partial charge in [-0.25, -0.2) is 13.2 Å². The summed E-state index contributed by atoms with van der Waals surface area (Å²) in [4.78, 5) is 70.3. The van der Waals surface area contributed by atoms with Crippen molar-refractivity contribution >= 4 is 39.6 Å². The van der Waals surface area contributed by atoms with Crippen molar-refractivity contribution in [3.8, 4) is 0 Å². The molecule has 5 atom stereocenters. The summed E-state index contributed by atoms with van der Waals surface area (Å²) in [5.74, 6) is -2.62. The highest BCUT2D eigenvalue weighted by atomic mass is 32.2.